The summed E-state index contributed by atoms with van der Waals surface area (Å²) in [4.78, 5) is 35.8. The molecule has 1 aromatic carbocycles. The van der Waals surface area contributed by atoms with E-state index in [1.807, 2.05) is 6.07 Å². The van der Waals surface area contributed by atoms with Gasteiger partial charge in [-0.05, 0) is 12.1 Å². The Hall–Kier alpha value is -2.82. The number of anilines is 1. The maximum atomic E-state index is 12.3. The minimum Gasteiger partial charge on any atom is -0.384 e. The molecule has 0 saturated carbocycles. The number of rotatable bonds is 1. The molecule has 23 heavy (non-hydrogen) atoms. The van der Waals surface area contributed by atoms with Crippen LogP contribution < -0.4 is 16.6 Å². The van der Waals surface area contributed by atoms with Crippen molar-refractivity contribution in [2.75, 3.05) is 5.73 Å². The highest BCUT2D eigenvalue weighted by Gasteiger charge is 2.32. The predicted octanol–water partition coefficient (Wildman–Crippen LogP) is 1.48. The van der Waals surface area contributed by atoms with Crippen LogP contribution in [0.2, 0.25) is 10.0 Å². The molecule has 1 aromatic heterocycles. The van der Waals surface area contributed by atoms with Crippen LogP contribution in [-0.2, 0) is 0 Å². The van der Waals surface area contributed by atoms with Crippen LogP contribution in [0.15, 0.2) is 23.0 Å². The zero-order valence-corrected chi connectivity index (χ0v) is 12.7. The lowest BCUT2D eigenvalue weighted by Crippen LogP contribution is -2.24. The third kappa shape index (κ3) is 2.16. The van der Waals surface area contributed by atoms with Gasteiger partial charge in [0.15, 0.2) is 0 Å². The summed E-state index contributed by atoms with van der Waals surface area (Å²) >= 11 is 12.2. The number of benzene rings is 1. The molecule has 9 heteroatoms. The van der Waals surface area contributed by atoms with E-state index >= 15 is 0 Å². The minimum atomic E-state index is -0.711. The first-order chi connectivity index (χ1) is 10.8. The van der Waals surface area contributed by atoms with Gasteiger partial charge in [-0.3, -0.25) is 24.3 Å². The Morgan fingerprint density at radius 2 is 1.70 bits per heavy atom. The number of imide groups is 1. The number of carbonyl (C=O) groups excluding carboxylic acids is 2. The fourth-order valence-corrected chi connectivity index (χ4v) is 3.01. The molecule has 1 aliphatic heterocycles. The molecule has 0 saturated heterocycles. The highest BCUT2D eigenvalue weighted by atomic mass is 35.5. The minimum absolute atomic E-state index is 0.00697. The molecule has 0 bridgehead atoms. The molecule has 0 aliphatic carbocycles. The van der Waals surface area contributed by atoms with Crippen LogP contribution in [0.3, 0.4) is 0 Å². The molecule has 3 rings (SSSR count). The summed E-state index contributed by atoms with van der Waals surface area (Å²) in [6, 6.07) is 5.48. The SMILES string of the molecule is N#Cc1cc(Cl)c(-n2c(N)c3c(cc2=O)C(=O)NC3=O)c(Cl)c1. The summed E-state index contributed by atoms with van der Waals surface area (Å²) < 4.78 is 0.933. The number of nitrogen functional groups attached to an aromatic ring is 1. The van der Waals surface area contributed by atoms with Crippen molar-refractivity contribution in [1.82, 2.24) is 9.88 Å². The monoisotopic (exact) mass is 348 g/mol. The van der Waals surface area contributed by atoms with E-state index in [0.29, 0.717) is 0 Å². The van der Waals surface area contributed by atoms with Crippen LogP contribution in [0.1, 0.15) is 26.3 Å². The van der Waals surface area contributed by atoms with Crippen molar-refractivity contribution in [3.05, 3.63) is 55.3 Å². The third-order valence-electron chi connectivity index (χ3n) is 3.32. The molecule has 2 amide bonds. The number of amides is 2. The zero-order chi connectivity index (χ0) is 16.9. The summed E-state index contributed by atoms with van der Waals surface area (Å²) in [6.07, 6.45) is 0. The van der Waals surface area contributed by atoms with E-state index in [4.69, 9.17) is 34.2 Å². The van der Waals surface area contributed by atoms with Gasteiger partial charge in [0, 0.05) is 6.07 Å². The number of nitrogens with zero attached hydrogens (tertiary/aromatic N) is 2. The molecular formula is C14H6Cl2N4O3. The van der Waals surface area contributed by atoms with E-state index in [9.17, 15) is 14.4 Å². The quantitative estimate of drug-likeness (QED) is 0.756. The highest BCUT2D eigenvalue weighted by molar-refractivity contribution is 6.38. The molecule has 114 valence electrons. The number of hydrogen-bond acceptors (Lipinski definition) is 5. The van der Waals surface area contributed by atoms with Gasteiger partial charge >= 0.3 is 0 Å². The van der Waals surface area contributed by atoms with Gasteiger partial charge in [-0.25, -0.2) is 0 Å². The summed E-state index contributed by atoms with van der Waals surface area (Å²) in [7, 11) is 0. The molecule has 2 heterocycles. The van der Waals surface area contributed by atoms with Crippen molar-refractivity contribution in [3.8, 4) is 11.8 Å². The van der Waals surface area contributed by atoms with Crippen molar-refractivity contribution in [3.63, 3.8) is 0 Å². The second kappa shape index (κ2) is 5.12. The molecule has 0 atom stereocenters. The van der Waals surface area contributed by atoms with Crippen LogP contribution in [-0.4, -0.2) is 16.4 Å². The Morgan fingerprint density at radius 1 is 1.09 bits per heavy atom. The van der Waals surface area contributed by atoms with Crippen molar-refractivity contribution >= 4 is 40.8 Å². The Labute approximate surface area is 138 Å². The second-order valence-corrected chi connectivity index (χ2v) is 5.49. The maximum Gasteiger partial charge on any atom is 0.262 e. The van der Waals surface area contributed by atoms with Crippen molar-refractivity contribution in [1.29, 1.82) is 5.26 Å². The van der Waals surface area contributed by atoms with Gasteiger partial charge in [-0.2, -0.15) is 5.26 Å². The number of aromatic nitrogens is 1. The highest BCUT2D eigenvalue weighted by Crippen LogP contribution is 2.32. The number of nitrogens with one attached hydrogen (secondary N) is 1. The number of halogens is 2. The van der Waals surface area contributed by atoms with Crippen LogP contribution in [0.4, 0.5) is 5.82 Å². The summed E-state index contributed by atoms with van der Waals surface area (Å²) in [5, 5.41) is 11.0. The predicted molar refractivity (Wildman–Crippen MR) is 83.0 cm³/mol. The largest absolute Gasteiger partial charge is 0.384 e. The lowest BCUT2D eigenvalue weighted by atomic mass is 10.1. The molecule has 0 fully saturated rings. The Balaban J connectivity index is 2.39. The number of fused-ring (bicyclic) bond motifs is 1. The van der Waals surface area contributed by atoms with Gasteiger partial charge < -0.3 is 5.73 Å². The number of nitriles is 1. The molecule has 2 aromatic rings. The molecule has 7 nitrogen and oxygen atoms in total. The average Bonchev–Trinajstić information content (AvgIpc) is 2.75. The van der Waals surface area contributed by atoms with Gasteiger partial charge in [0.1, 0.15) is 5.82 Å². The van der Waals surface area contributed by atoms with E-state index < -0.39 is 17.4 Å². The summed E-state index contributed by atoms with van der Waals surface area (Å²) in [5.74, 6) is -1.67. The van der Waals surface area contributed by atoms with Crippen LogP contribution >= 0.6 is 23.2 Å². The van der Waals surface area contributed by atoms with Crippen molar-refractivity contribution in [2.24, 2.45) is 0 Å². The lowest BCUT2D eigenvalue weighted by molar-refractivity contribution is 0.0880. The first-order valence-electron chi connectivity index (χ1n) is 6.16. The Kier molecular flexibility index (Phi) is 3.36. The fourth-order valence-electron chi connectivity index (χ4n) is 2.35. The van der Waals surface area contributed by atoms with Crippen LogP contribution in [0, 0.1) is 11.3 Å². The molecule has 0 unspecified atom stereocenters. The standard InChI is InChI=1S/C14H6Cl2N4O3/c15-7-1-5(4-17)2-8(16)11(7)20-9(21)3-6-10(12(20)18)14(23)19-13(6)22/h1-3H,18H2,(H,19,22,23). The zero-order valence-electron chi connectivity index (χ0n) is 11.2. The number of carbonyl (C=O) groups is 2. The molecule has 1 aliphatic rings. The van der Waals surface area contributed by atoms with E-state index in [1.165, 1.54) is 12.1 Å². The summed E-state index contributed by atoms with van der Waals surface area (Å²) in [6.45, 7) is 0. The maximum absolute atomic E-state index is 12.3. The second-order valence-electron chi connectivity index (χ2n) is 4.68. The molecule has 3 N–H and O–H groups in total. The van der Waals surface area contributed by atoms with Crippen LogP contribution in [0.5, 0.6) is 0 Å². The molecule has 0 radical (unpaired) electrons. The van der Waals surface area contributed by atoms with Gasteiger partial charge in [0.25, 0.3) is 17.4 Å². The summed E-state index contributed by atoms with van der Waals surface area (Å²) in [5.41, 5.74) is 5.22. The average molecular weight is 349 g/mol. The fraction of sp³-hybridized carbons (Fsp3) is 0. The van der Waals surface area contributed by atoms with Crippen LogP contribution in [0.25, 0.3) is 5.69 Å². The third-order valence-corrected chi connectivity index (χ3v) is 3.90. The van der Waals surface area contributed by atoms with E-state index in [-0.39, 0.29) is 38.2 Å². The van der Waals surface area contributed by atoms with Crippen molar-refractivity contribution < 1.29 is 9.59 Å². The first-order valence-corrected chi connectivity index (χ1v) is 6.91. The number of pyridine rings is 1. The lowest BCUT2D eigenvalue weighted by Gasteiger charge is -2.15. The smallest absolute Gasteiger partial charge is 0.262 e. The van der Waals surface area contributed by atoms with E-state index in [0.717, 1.165) is 10.6 Å². The van der Waals surface area contributed by atoms with Gasteiger partial charge in [-0.15, -0.1) is 0 Å². The Morgan fingerprint density at radius 3 is 2.26 bits per heavy atom. The number of hydrogen-bond donors (Lipinski definition) is 2. The van der Waals surface area contributed by atoms with E-state index in [2.05, 4.69) is 5.32 Å². The van der Waals surface area contributed by atoms with Crippen molar-refractivity contribution in [2.45, 2.75) is 0 Å². The van der Waals surface area contributed by atoms with Gasteiger partial charge in [0.2, 0.25) is 0 Å². The topological polar surface area (TPSA) is 118 Å². The van der Waals surface area contributed by atoms with Gasteiger partial charge in [-0.1, -0.05) is 23.2 Å². The molecule has 0 spiro atoms. The van der Waals surface area contributed by atoms with E-state index in [1.54, 1.807) is 0 Å². The Bertz CT molecular complexity index is 981. The molecular weight excluding hydrogens is 343 g/mol. The number of nitrogens with two attached hydrogens (primary N) is 1. The first kappa shape index (κ1) is 15.1. The normalized spacial score (nSPS) is 12.7. The van der Waals surface area contributed by atoms with Gasteiger partial charge in [0.05, 0.1) is 38.5 Å².